The van der Waals surface area contributed by atoms with Gasteiger partial charge in [0.1, 0.15) is 0 Å². The van der Waals surface area contributed by atoms with Crippen LogP contribution in [0.2, 0.25) is 0 Å². The largest absolute Gasteiger partial charge is 0.396 e. The Morgan fingerprint density at radius 2 is 2.16 bits per heavy atom. The number of hydrogen-bond donors (Lipinski definition) is 2. The first-order chi connectivity index (χ1) is 9.13. The molecule has 0 bridgehead atoms. The van der Waals surface area contributed by atoms with Crippen LogP contribution in [0.15, 0.2) is 18.2 Å². The molecule has 1 aliphatic rings. The average Bonchev–Trinajstić information content (AvgIpc) is 2.86. The van der Waals surface area contributed by atoms with Crippen LogP contribution in [0.25, 0.3) is 0 Å². The molecule has 0 saturated heterocycles. The van der Waals surface area contributed by atoms with Gasteiger partial charge in [0.15, 0.2) is 0 Å². The van der Waals surface area contributed by atoms with E-state index in [9.17, 15) is 9.90 Å². The van der Waals surface area contributed by atoms with Crippen molar-refractivity contribution < 1.29 is 9.90 Å². The summed E-state index contributed by atoms with van der Waals surface area (Å²) < 4.78 is 1.02. The summed E-state index contributed by atoms with van der Waals surface area (Å²) >= 11 is 2.22. The topological polar surface area (TPSA) is 49.3 Å². The number of aliphatic hydroxyl groups is 1. The van der Waals surface area contributed by atoms with Crippen molar-refractivity contribution in [1.82, 2.24) is 5.32 Å². The van der Waals surface area contributed by atoms with Crippen LogP contribution >= 0.6 is 22.6 Å². The van der Waals surface area contributed by atoms with Gasteiger partial charge in [-0.15, -0.1) is 0 Å². The SMILES string of the molecule is Cc1cccc(C(=O)NCC2CCCC2CO)c1I. The lowest BCUT2D eigenvalue weighted by atomic mass is 9.97. The van der Waals surface area contributed by atoms with E-state index in [1.54, 1.807) is 0 Å². The van der Waals surface area contributed by atoms with E-state index >= 15 is 0 Å². The second-order valence-corrected chi connectivity index (χ2v) is 6.36. The van der Waals surface area contributed by atoms with Gasteiger partial charge in [-0.25, -0.2) is 0 Å². The molecule has 4 heteroatoms. The highest BCUT2D eigenvalue weighted by molar-refractivity contribution is 14.1. The van der Waals surface area contributed by atoms with Crippen LogP contribution in [0.3, 0.4) is 0 Å². The minimum Gasteiger partial charge on any atom is -0.396 e. The predicted molar refractivity (Wildman–Crippen MR) is 84.1 cm³/mol. The Morgan fingerprint density at radius 3 is 2.89 bits per heavy atom. The van der Waals surface area contributed by atoms with Gasteiger partial charge in [0, 0.05) is 16.7 Å². The van der Waals surface area contributed by atoms with Crippen LogP contribution in [-0.4, -0.2) is 24.2 Å². The summed E-state index contributed by atoms with van der Waals surface area (Å²) in [5, 5.41) is 12.3. The number of aliphatic hydroxyl groups excluding tert-OH is 1. The summed E-state index contributed by atoms with van der Waals surface area (Å²) in [6.45, 7) is 2.92. The fraction of sp³-hybridized carbons (Fsp3) is 0.533. The Kier molecular flexibility index (Phi) is 5.21. The molecule has 0 spiro atoms. The number of nitrogens with one attached hydrogen (secondary N) is 1. The molecule has 0 aliphatic heterocycles. The van der Waals surface area contributed by atoms with Crippen molar-refractivity contribution in [2.75, 3.05) is 13.2 Å². The summed E-state index contributed by atoms with van der Waals surface area (Å²) in [5.41, 5.74) is 1.88. The van der Waals surface area contributed by atoms with Gasteiger partial charge >= 0.3 is 0 Å². The van der Waals surface area contributed by atoms with E-state index in [2.05, 4.69) is 27.9 Å². The van der Waals surface area contributed by atoms with Gasteiger partial charge in [0.25, 0.3) is 5.91 Å². The van der Waals surface area contributed by atoms with Crippen molar-refractivity contribution in [3.63, 3.8) is 0 Å². The average molecular weight is 373 g/mol. The van der Waals surface area contributed by atoms with Gasteiger partial charge in [-0.05, 0) is 65.8 Å². The van der Waals surface area contributed by atoms with Crippen LogP contribution in [-0.2, 0) is 0 Å². The summed E-state index contributed by atoms with van der Waals surface area (Å²) in [5.74, 6) is 0.782. The molecule has 2 unspecified atom stereocenters. The Hall–Kier alpha value is -0.620. The second-order valence-electron chi connectivity index (χ2n) is 5.28. The van der Waals surface area contributed by atoms with E-state index in [-0.39, 0.29) is 12.5 Å². The van der Waals surface area contributed by atoms with Crippen LogP contribution < -0.4 is 5.32 Å². The van der Waals surface area contributed by atoms with Crippen LogP contribution in [0, 0.1) is 22.3 Å². The van der Waals surface area contributed by atoms with Gasteiger partial charge in [0.05, 0.1) is 5.56 Å². The van der Waals surface area contributed by atoms with Gasteiger partial charge < -0.3 is 10.4 Å². The van der Waals surface area contributed by atoms with Gasteiger partial charge in [-0.2, -0.15) is 0 Å². The summed E-state index contributed by atoms with van der Waals surface area (Å²) in [4.78, 5) is 12.2. The van der Waals surface area contributed by atoms with E-state index in [4.69, 9.17) is 0 Å². The highest BCUT2D eigenvalue weighted by Gasteiger charge is 2.27. The van der Waals surface area contributed by atoms with Crippen molar-refractivity contribution in [3.8, 4) is 0 Å². The zero-order chi connectivity index (χ0) is 13.8. The van der Waals surface area contributed by atoms with Crippen LogP contribution in [0.5, 0.6) is 0 Å². The first kappa shape index (κ1) is 14.8. The number of halogens is 1. The molecule has 19 heavy (non-hydrogen) atoms. The maximum absolute atomic E-state index is 12.2. The van der Waals surface area contributed by atoms with Gasteiger partial charge in [-0.1, -0.05) is 18.6 Å². The van der Waals surface area contributed by atoms with Gasteiger partial charge in [-0.3, -0.25) is 4.79 Å². The number of carbonyl (C=O) groups is 1. The third-order valence-corrected chi connectivity index (χ3v) is 5.44. The molecular weight excluding hydrogens is 353 g/mol. The molecular formula is C15H20INO2. The molecule has 1 aliphatic carbocycles. The molecule has 2 atom stereocenters. The molecule has 0 heterocycles. The number of amides is 1. The molecule has 1 saturated carbocycles. The molecule has 1 aromatic carbocycles. The number of carbonyl (C=O) groups excluding carboxylic acids is 1. The zero-order valence-corrected chi connectivity index (χ0v) is 13.3. The van der Waals surface area contributed by atoms with Crippen LogP contribution in [0.1, 0.15) is 35.2 Å². The van der Waals surface area contributed by atoms with Crippen LogP contribution in [0.4, 0.5) is 0 Å². The minimum atomic E-state index is -0.00307. The normalized spacial score (nSPS) is 22.5. The lowest BCUT2D eigenvalue weighted by Gasteiger charge is -2.18. The molecule has 1 aromatic rings. The van der Waals surface area contributed by atoms with E-state index in [0.29, 0.717) is 18.4 Å². The third kappa shape index (κ3) is 3.48. The number of rotatable bonds is 4. The second kappa shape index (κ2) is 6.70. The Labute approximate surface area is 127 Å². The Morgan fingerprint density at radius 1 is 1.42 bits per heavy atom. The lowest BCUT2D eigenvalue weighted by Crippen LogP contribution is -2.32. The first-order valence-electron chi connectivity index (χ1n) is 6.77. The molecule has 1 amide bonds. The minimum absolute atomic E-state index is 0.00307. The molecule has 2 rings (SSSR count). The lowest BCUT2D eigenvalue weighted by molar-refractivity contribution is 0.0937. The number of benzene rings is 1. The molecule has 0 radical (unpaired) electrons. The van der Waals surface area contributed by atoms with Crippen molar-refractivity contribution >= 4 is 28.5 Å². The summed E-state index contributed by atoms with van der Waals surface area (Å²) in [6.07, 6.45) is 3.35. The fourth-order valence-corrected chi connectivity index (χ4v) is 3.37. The van der Waals surface area contributed by atoms with Crippen molar-refractivity contribution in [2.24, 2.45) is 11.8 Å². The fourth-order valence-electron chi connectivity index (χ4n) is 2.76. The Balaban J connectivity index is 1.96. The van der Waals surface area contributed by atoms with Gasteiger partial charge in [0.2, 0.25) is 0 Å². The highest BCUT2D eigenvalue weighted by atomic mass is 127. The molecule has 3 nitrogen and oxygen atoms in total. The Bertz CT molecular complexity index is 461. The smallest absolute Gasteiger partial charge is 0.252 e. The maximum Gasteiger partial charge on any atom is 0.252 e. The van der Waals surface area contributed by atoms with Crippen molar-refractivity contribution in [2.45, 2.75) is 26.2 Å². The zero-order valence-electron chi connectivity index (χ0n) is 11.2. The quantitative estimate of drug-likeness (QED) is 0.798. The van der Waals surface area contributed by atoms with E-state index in [0.717, 1.165) is 34.0 Å². The van der Waals surface area contributed by atoms with E-state index < -0.39 is 0 Å². The highest BCUT2D eigenvalue weighted by Crippen LogP contribution is 2.30. The molecule has 104 valence electrons. The summed E-state index contributed by atoms with van der Waals surface area (Å²) in [6, 6.07) is 5.79. The molecule has 1 fully saturated rings. The number of aryl methyl sites for hydroxylation is 1. The molecule has 0 aromatic heterocycles. The summed E-state index contributed by atoms with van der Waals surface area (Å²) in [7, 11) is 0. The van der Waals surface area contributed by atoms with Crippen molar-refractivity contribution in [1.29, 1.82) is 0 Å². The maximum atomic E-state index is 12.2. The standard InChI is InChI=1S/C15H20INO2/c1-10-4-2-7-13(14(10)16)15(19)17-8-11-5-3-6-12(11)9-18/h2,4,7,11-12,18H,3,5-6,8-9H2,1H3,(H,17,19). The number of hydrogen-bond acceptors (Lipinski definition) is 2. The van der Waals surface area contributed by atoms with Crippen molar-refractivity contribution in [3.05, 3.63) is 32.9 Å². The van der Waals surface area contributed by atoms with E-state index in [1.165, 1.54) is 0 Å². The first-order valence-corrected chi connectivity index (χ1v) is 7.85. The van der Waals surface area contributed by atoms with E-state index in [1.807, 2.05) is 25.1 Å². The third-order valence-electron chi connectivity index (χ3n) is 4.01. The molecule has 2 N–H and O–H groups in total. The monoisotopic (exact) mass is 373 g/mol. The predicted octanol–water partition coefficient (Wildman–Crippen LogP) is 2.74.